The first kappa shape index (κ1) is 15.5. The van der Waals surface area contributed by atoms with Gasteiger partial charge >= 0.3 is 0 Å². The first-order chi connectivity index (χ1) is 9.12. The van der Waals surface area contributed by atoms with Gasteiger partial charge in [-0.15, -0.1) is 11.3 Å². The van der Waals surface area contributed by atoms with E-state index in [0.29, 0.717) is 0 Å². The highest BCUT2D eigenvalue weighted by Crippen LogP contribution is 2.39. The molecule has 1 atom stereocenters. The molecule has 0 amide bonds. The Bertz CT molecular complexity index is 397. The number of hydrogen-bond acceptors (Lipinski definition) is 3. The molecule has 1 N–H and O–H groups in total. The maximum atomic E-state index is 10.8. The van der Waals surface area contributed by atoms with Crippen molar-refractivity contribution in [1.29, 1.82) is 0 Å². The highest BCUT2D eigenvalue weighted by molar-refractivity contribution is 9.11. The number of nitrogens with zero attached hydrogens (tertiary/aromatic N) is 1. The predicted octanol–water partition coefficient (Wildman–Crippen LogP) is 4.07. The average molecular weight is 346 g/mol. The van der Waals surface area contributed by atoms with Gasteiger partial charge in [0.1, 0.15) is 0 Å². The molecule has 0 bridgehead atoms. The van der Waals surface area contributed by atoms with Gasteiger partial charge in [0.25, 0.3) is 0 Å². The van der Waals surface area contributed by atoms with E-state index in [0.717, 1.165) is 36.1 Å². The molecule has 2 nitrogen and oxygen atoms in total. The minimum absolute atomic E-state index is 0.0139. The van der Waals surface area contributed by atoms with Crippen molar-refractivity contribution in [2.45, 2.75) is 57.6 Å². The zero-order valence-electron chi connectivity index (χ0n) is 11.9. The van der Waals surface area contributed by atoms with Crippen molar-refractivity contribution < 1.29 is 5.11 Å². The number of thiophene rings is 1. The van der Waals surface area contributed by atoms with Crippen molar-refractivity contribution in [2.24, 2.45) is 0 Å². The van der Waals surface area contributed by atoms with Crippen molar-refractivity contribution in [1.82, 2.24) is 4.90 Å². The molecule has 1 saturated carbocycles. The van der Waals surface area contributed by atoms with Crippen LogP contribution in [0.2, 0.25) is 0 Å². The van der Waals surface area contributed by atoms with Crippen LogP contribution in [-0.2, 0) is 6.42 Å². The lowest BCUT2D eigenvalue weighted by Crippen LogP contribution is -2.55. The van der Waals surface area contributed by atoms with Crippen molar-refractivity contribution >= 4 is 27.3 Å². The highest BCUT2D eigenvalue weighted by Gasteiger charge is 2.44. The van der Waals surface area contributed by atoms with Crippen LogP contribution in [0, 0.1) is 0 Å². The Hall–Kier alpha value is 0.1000. The minimum Gasteiger partial charge on any atom is -0.391 e. The van der Waals surface area contributed by atoms with Gasteiger partial charge in [-0.25, -0.2) is 0 Å². The van der Waals surface area contributed by atoms with E-state index in [9.17, 15) is 5.11 Å². The highest BCUT2D eigenvalue weighted by atomic mass is 79.9. The molecule has 0 saturated heterocycles. The Labute approximate surface area is 129 Å². The lowest BCUT2D eigenvalue weighted by molar-refractivity contribution is -0.0240. The summed E-state index contributed by atoms with van der Waals surface area (Å²) in [5, 5.41) is 10.8. The zero-order valence-corrected chi connectivity index (χ0v) is 14.3. The molecule has 19 heavy (non-hydrogen) atoms. The SMILES string of the molecule is CCN(CC)C1(C(O)Cc2ccc(Br)s2)CCCC1. The lowest BCUT2D eigenvalue weighted by Gasteiger charge is -2.44. The van der Waals surface area contributed by atoms with Crippen LogP contribution in [0.5, 0.6) is 0 Å². The van der Waals surface area contributed by atoms with Gasteiger partial charge in [-0.1, -0.05) is 26.7 Å². The summed E-state index contributed by atoms with van der Waals surface area (Å²) in [5.74, 6) is 0. The molecular formula is C15H24BrNOS. The van der Waals surface area contributed by atoms with Crippen LogP contribution in [0.25, 0.3) is 0 Å². The van der Waals surface area contributed by atoms with Gasteiger partial charge in [-0.2, -0.15) is 0 Å². The van der Waals surface area contributed by atoms with Crippen LogP contribution in [0.1, 0.15) is 44.4 Å². The number of halogens is 1. The molecule has 1 heterocycles. The average Bonchev–Trinajstić information content (AvgIpc) is 3.01. The van der Waals surface area contributed by atoms with Crippen molar-refractivity contribution in [2.75, 3.05) is 13.1 Å². The maximum absolute atomic E-state index is 10.8. The zero-order chi connectivity index (χ0) is 13.9. The van der Waals surface area contributed by atoms with Gasteiger partial charge in [0, 0.05) is 16.8 Å². The second kappa shape index (κ2) is 6.70. The summed E-state index contributed by atoms with van der Waals surface area (Å²) < 4.78 is 1.15. The van der Waals surface area contributed by atoms with Crippen LogP contribution >= 0.6 is 27.3 Å². The third-order valence-corrected chi connectivity index (χ3v) is 6.15. The summed E-state index contributed by atoms with van der Waals surface area (Å²) in [6.45, 7) is 6.47. The summed E-state index contributed by atoms with van der Waals surface area (Å²) >= 11 is 5.24. The topological polar surface area (TPSA) is 23.5 Å². The van der Waals surface area contributed by atoms with Crippen molar-refractivity contribution in [3.05, 3.63) is 20.8 Å². The molecule has 2 rings (SSSR count). The largest absolute Gasteiger partial charge is 0.391 e. The van der Waals surface area contributed by atoms with Gasteiger partial charge in [0.2, 0.25) is 0 Å². The molecule has 1 unspecified atom stereocenters. The van der Waals surface area contributed by atoms with Gasteiger partial charge in [-0.3, -0.25) is 4.90 Å². The first-order valence-corrected chi connectivity index (χ1v) is 8.90. The fraction of sp³-hybridized carbons (Fsp3) is 0.733. The smallest absolute Gasteiger partial charge is 0.0771 e. The summed E-state index contributed by atoms with van der Waals surface area (Å²) in [6, 6.07) is 4.20. The summed E-state index contributed by atoms with van der Waals surface area (Å²) in [7, 11) is 0. The van der Waals surface area contributed by atoms with E-state index in [2.05, 4.69) is 46.8 Å². The van der Waals surface area contributed by atoms with E-state index in [4.69, 9.17) is 0 Å². The van der Waals surface area contributed by atoms with E-state index in [1.165, 1.54) is 17.7 Å². The number of hydrogen-bond donors (Lipinski definition) is 1. The molecule has 1 aromatic rings. The van der Waals surface area contributed by atoms with E-state index >= 15 is 0 Å². The fourth-order valence-electron chi connectivity index (χ4n) is 3.54. The summed E-state index contributed by atoms with van der Waals surface area (Å²) in [5.41, 5.74) is 0.0139. The van der Waals surface area contributed by atoms with E-state index < -0.39 is 0 Å². The monoisotopic (exact) mass is 345 g/mol. The fourth-order valence-corrected chi connectivity index (χ4v) is 5.06. The number of aliphatic hydroxyl groups excluding tert-OH is 1. The van der Waals surface area contributed by atoms with Gasteiger partial charge in [-0.05, 0) is 54.0 Å². The van der Waals surface area contributed by atoms with Gasteiger partial charge < -0.3 is 5.11 Å². The second-order valence-corrected chi connectivity index (χ2v) is 7.96. The van der Waals surface area contributed by atoms with Crippen molar-refractivity contribution in [3.8, 4) is 0 Å². The molecular weight excluding hydrogens is 322 g/mol. The van der Waals surface area contributed by atoms with Crippen molar-refractivity contribution in [3.63, 3.8) is 0 Å². The normalized spacial score (nSPS) is 20.1. The van der Waals surface area contributed by atoms with Crippen LogP contribution in [0.3, 0.4) is 0 Å². The van der Waals surface area contributed by atoms with Crippen LogP contribution in [0.4, 0.5) is 0 Å². The molecule has 1 aliphatic carbocycles. The molecule has 0 aromatic carbocycles. The van der Waals surface area contributed by atoms with Gasteiger partial charge in [0.05, 0.1) is 9.89 Å². The predicted molar refractivity (Wildman–Crippen MR) is 85.8 cm³/mol. The third-order valence-electron chi connectivity index (χ3n) is 4.51. The third kappa shape index (κ3) is 3.23. The molecule has 0 spiro atoms. The molecule has 4 heteroatoms. The van der Waals surface area contributed by atoms with E-state index in [1.807, 2.05) is 0 Å². The molecule has 0 radical (unpaired) electrons. The van der Waals surface area contributed by atoms with E-state index in [1.54, 1.807) is 11.3 Å². The Morgan fingerprint density at radius 2 is 1.95 bits per heavy atom. The molecule has 108 valence electrons. The molecule has 1 aromatic heterocycles. The number of likely N-dealkylation sites (N-methyl/N-ethyl adjacent to an activating group) is 1. The molecule has 1 fully saturated rings. The van der Waals surface area contributed by atoms with Gasteiger partial charge in [0.15, 0.2) is 0 Å². The number of aliphatic hydroxyl groups is 1. The molecule has 1 aliphatic rings. The van der Waals surface area contributed by atoms with E-state index in [-0.39, 0.29) is 11.6 Å². The molecule has 0 aliphatic heterocycles. The van der Waals surface area contributed by atoms with Crippen LogP contribution in [0.15, 0.2) is 15.9 Å². The number of rotatable bonds is 6. The minimum atomic E-state index is -0.250. The Morgan fingerprint density at radius 1 is 1.32 bits per heavy atom. The Balaban J connectivity index is 2.14. The Morgan fingerprint density at radius 3 is 2.42 bits per heavy atom. The maximum Gasteiger partial charge on any atom is 0.0771 e. The summed E-state index contributed by atoms with van der Waals surface area (Å²) in [6.07, 6.45) is 5.32. The quantitative estimate of drug-likeness (QED) is 0.839. The van der Waals surface area contributed by atoms with Crippen LogP contribution in [-0.4, -0.2) is 34.7 Å². The Kier molecular flexibility index (Phi) is 5.46. The van der Waals surface area contributed by atoms with Crippen LogP contribution < -0.4 is 0 Å². The standard InChI is InChI=1S/C15H24BrNOS/c1-3-17(4-2)15(9-5-6-10-15)13(18)11-12-7-8-14(16)19-12/h7-8,13,18H,3-6,9-11H2,1-2H3. The second-order valence-electron chi connectivity index (χ2n) is 5.41. The summed E-state index contributed by atoms with van der Waals surface area (Å²) in [4.78, 5) is 3.76. The lowest BCUT2D eigenvalue weighted by atomic mass is 9.86. The first-order valence-electron chi connectivity index (χ1n) is 7.29.